The molecule has 2 aliphatic carbocycles. The predicted octanol–water partition coefficient (Wildman–Crippen LogP) is 2.58. The van der Waals surface area contributed by atoms with E-state index in [1.165, 1.54) is 11.8 Å². The van der Waals surface area contributed by atoms with Crippen molar-refractivity contribution >= 4 is 15.7 Å². The topological polar surface area (TPSA) is 63.2 Å². The van der Waals surface area contributed by atoms with Crippen LogP contribution in [-0.4, -0.2) is 31.9 Å². The van der Waals surface area contributed by atoms with Crippen molar-refractivity contribution in [2.75, 3.05) is 6.26 Å². The van der Waals surface area contributed by atoms with Crippen LogP contribution < -0.4 is 5.32 Å². The maximum atomic E-state index is 12.7. The molecule has 1 aromatic rings. The van der Waals surface area contributed by atoms with Crippen molar-refractivity contribution < 1.29 is 13.2 Å². The number of hydrogen-bond acceptors (Lipinski definition) is 3. The van der Waals surface area contributed by atoms with Crippen LogP contribution in [0.5, 0.6) is 0 Å². The van der Waals surface area contributed by atoms with Crippen LogP contribution in [0.1, 0.15) is 55.6 Å². The lowest BCUT2D eigenvalue weighted by Crippen LogP contribution is -2.44. The second-order valence-electron chi connectivity index (χ2n) is 6.97. The van der Waals surface area contributed by atoms with Crippen LogP contribution >= 0.6 is 0 Å². The van der Waals surface area contributed by atoms with Gasteiger partial charge in [-0.3, -0.25) is 4.79 Å². The van der Waals surface area contributed by atoms with E-state index in [1.54, 1.807) is 0 Å². The van der Waals surface area contributed by atoms with E-state index >= 15 is 0 Å². The van der Waals surface area contributed by atoms with Crippen molar-refractivity contribution in [2.45, 2.75) is 62.2 Å². The van der Waals surface area contributed by atoms with Gasteiger partial charge in [-0.05, 0) is 49.7 Å². The molecule has 1 amide bonds. The molecule has 4 nitrogen and oxygen atoms in total. The van der Waals surface area contributed by atoms with Crippen LogP contribution in [0.3, 0.4) is 0 Å². The molecule has 3 atom stereocenters. The number of benzene rings is 1. The second-order valence-corrected chi connectivity index (χ2v) is 9.29. The quantitative estimate of drug-likeness (QED) is 0.923. The summed E-state index contributed by atoms with van der Waals surface area (Å²) in [6.07, 6.45) is 7.28. The molecule has 1 aromatic carbocycles. The van der Waals surface area contributed by atoms with Gasteiger partial charge in [0.25, 0.3) is 0 Å². The summed E-state index contributed by atoms with van der Waals surface area (Å²) < 4.78 is 23.5. The lowest BCUT2D eigenvalue weighted by Gasteiger charge is -2.31. The van der Waals surface area contributed by atoms with E-state index in [-0.39, 0.29) is 23.1 Å². The Balaban J connectivity index is 1.68. The number of sulfone groups is 1. The van der Waals surface area contributed by atoms with Gasteiger partial charge in [-0.15, -0.1) is 0 Å². The molecule has 0 radical (unpaired) electrons. The normalized spacial score (nSPS) is 28.0. The molecule has 5 heteroatoms. The molecular formula is C18H25NO3S. The summed E-state index contributed by atoms with van der Waals surface area (Å²) in [6, 6.07) is 8.17. The Labute approximate surface area is 138 Å². The first kappa shape index (κ1) is 16.5. The van der Waals surface area contributed by atoms with Gasteiger partial charge in [0.1, 0.15) is 9.84 Å². The average Bonchev–Trinajstić information content (AvgIpc) is 2.53. The smallest absolute Gasteiger partial charge is 0.227 e. The number of fused-ring (bicyclic) bond motifs is 1. The summed E-state index contributed by atoms with van der Waals surface area (Å²) in [5, 5.41) is 2.82. The third kappa shape index (κ3) is 3.77. The van der Waals surface area contributed by atoms with Gasteiger partial charge in [-0.2, -0.15) is 0 Å². The number of hydrogen-bond donors (Lipinski definition) is 1. The minimum atomic E-state index is -3.02. The van der Waals surface area contributed by atoms with E-state index in [0.29, 0.717) is 6.42 Å². The van der Waals surface area contributed by atoms with Crippen molar-refractivity contribution in [2.24, 2.45) is 0 Å². The molecule has 3 unspecified atom stereocenters. The summed E-state index contributed by atoms with van der Waals surface area (Å²) in [4.78, 5) is 12.7. The van der Waals surface area contributed by atoms with Gasteiger partial charge in [0.05, 0.1) is 11.2 Å². The third-order valence-electron chi connectivity index (χ3n) is 5.26. The van der Waals surface area contributed by atoms with E-state index < -0.39 is 9.84 Å². The second kappa shape index (κ2) is 6.63. The highest BCUT2D eigenvalue weighted by atomic mass is 32.2. The number of aryl methyl sites for hydroxylation is 1. The molecule has 3 rings (SSSR count). The van der Waals surface area contributed by atoms with Crippen LogP contribution in [0, 0.1) is 0 Å². The summed E-state index contributed by atoms with van der Waals surface area (Å²) >= 11 is 0. The molecule has 1 N–H and O–H groups in total. The largest absolute Gasteiger partial charge is 0.353 e. The molecule has 0 saturated heterocycles. The van der Waals surface area contributed by atoms with Gasteiger partial charge in [-0.25, -0.2) is 8.42 Å². The van der Waals surface area contributed by atoms with Gasteiger partial charge in [0, 0.05) is 12.3 Å². The number of rotatable bonds is 3. The molecule has 126 valence electrons. The van der Waals surface area contributed by atoms with Crippen LogP contribution in [-0.2, 0) is 21.1 Å². The highest BCUT2D eigenvalue weighted by Crippen LogP contribution is 2.32. The van der Waals surface area contributed by atoms with Gasteiger partial charge in [0.2, 0.25) is 5.91 Å². The lowest BCUT2D eigenvalue weighted by atomic mass is 9.82. The van der Waals surface area contributed by atoms with Crippen molar-refractivity contribution in [3.63, 3.8) is 0 Å². The molecule has 0 aliphatic heterocycles. The van der Waals surface area contributed by atoms with Crippen LogP contribution in [0.2, 0.25) is 0 Å². The standard InChI is InChI=1S/C18H25NO3S/c1-23(21,22)15-9-5-8-14(12-15)19-18(20)17-11-4-7-13-6-2-3-10-16(13)17/h2-3,6,10,14-15,17H,4-5,7-9,11-12H2,1H3,(H,19,20). The highest BCUT2D eigenvalue weighted by molar-refractivity contribution is 7.91. The molecule has 23 heavy (non-hydrogen) atoms. The molecule has 1 saturated carbocycles. The van der Waals surface area contributed by atoms with Crippen LogP contribution in [0.4, 0.5) is 0 Å². The molecule has 0 spiro atoms. The predicted molar refractivity (Wildman–Crippen MR) is 91.2 cm³/mol. The summed E-state index contributed by atoms with van der Waals surface area (Å²) in [5.41, 5.74) is 2.42. The fraction of sp³-hybridized carbons (Fsp3) is 0.611. The maximum absolute atomic E-state index is 12.7. The number of nitrogens with one attached hydrogen (secondary N) is 1. The van der Waals surface area contributed by atoms with E-state index in [2.05, 4.69) is 17.4 Å². The maximum Gasteiger partial charge on any atom is 0.227 e. The van der Waals surface area contributed by atoms with E-state index in [1.807, 2.05) is 12.1 Å². The third-order valence-corrected chi connectivity index (χ3v) is 6.90. The summed E-state index contributed by atoms with van der Waals surface area (Å²) in [5.74, 6) is -0.0186. The first-order valence-corrected chi connectivity index (χ1v) is 10.5. The Hall–Kier alpha value is -1.36. The first-order valence-electron chi connectivity index (χ1n) is 8.52. The first-order chi connectivity index (χ1) is 10.9. The molecule has 2 aliphatic rings. The van der Waals surface area contributed by atoms with Crippen molar-refractivity contribution in [3.8, 4) is 0 Å². The zero-order valence-electron chi connectivity index (χ0n) is 13.6. The molecule has 0 bridgehead atoms. The Kier molecular flexibility index (Phi) is 4.76. The monoisotopic (exact) mass is 335 g/mol. The molecule has 0 aromatic heterocycles. The zero-order chi connectivity index (χ0) is 16.4. The molecule has 1 fully saturated rings. The Bertz CT molecular complexity index is 683. The Morgan fingerprint density at radius 1 is 1.13 bits per heavy atom. The number of amides is 1. The van der Waals surface area contributed by atoms with E-state index in [0.717, 1.165) is 44.1 Å². The van der Waals surface area contributed by atoms with Crippen LogP contribution in [0.25, 0.3) is 0 Å². The van der Waals surface area contributed by atoms with Gasteiger partial charge >= 0.3 is 0 Å². The van der Waals surface area contributed by atoms with E-state index in [4.69, 9.17) is 0 Å². The molecular weight excluding hydrogens is 310 g/mol. The summed E-state index contributed by atoms with van der Waals surface area (Å²) in [7, 11) is -3.02. The minimum Gasteiger partial charge on any atom is -0.353 e. The Morgan fingerprint density at radius 3 is 2.70 bits per heavy atom. The van der Waals surface area contributed by atoms with Crippen molar-refractivity contribution in [1.82, 2.24) is 5.32 Å². The minimum absolute atomic E-state index is 0.00920. The van der Waals surface area contributed by atoms with Gasteiger partial charge < -0.3 is 5.32 Å². The number of carbonyl (C=O) groups is 1. The van der Waals surface area contributed by atoms with Gasteiger partial charge in [0.15, 0.2) is 0 Å². The zero-order valence-corrected chi connectivity index (χ0v) is 14.4. The lowest BCUT2D eigenvalue weighted by molar-refractivity contribution is -0.123. The van der Waals surface area contributed by atoms with Crippen molar-refractivity contribution in [3.05, 3.63) is 35.4 Å². The highest BCUT2D eigenvalue weighted by Gasteiger charge is 2.32. The fourth-order valence-corrected chi connectivity index (χ4v) is 5.17. The average molecular weight is 335 g/mol. The summed E-state index contributed by atoms with van der Waals surface area (Å²) in [6.45, 7) is 0. The molecule has 0 heterocycles. The Morgan fingerprint density at radius 2 is 1.91 bits per heavy atom. The van der Waals surface area contributed by atoms with Crippen LogP contribution in [0.15, 0.2) is 24.3 Å². The SMILES string of the molecule is CS(=O)(=O)C1CCCC(NC(=O)C2CCCc3ccccc32)C1. The number of carbonyl (C=O) groups excluding carboxylic acids is 1. The van der Waals surface area contributed by atoms with Gasteiger partial charge in [-0.1, -0.05) is 30.7 Å². The van der Waals surface area contributed by atoms with Crippen molar-refractivity contribution in [1.29, 1.82) is 0 Å². The van der Waals surface area contributed by atoms with E-state index in [9.17, 15) is 13.2 Å². The fourth-order valence-electron chi connectivity index (χ4n) is 3.99.